The minimum Gasteiger partial charge on any atom is -0.357 e. The van der Waals surface area contributed by atoms with E-state index in [2.05, 4.69) is 28.6 Å². The van der Waals surface area contributed by atoms with Crippen LogP contribution in [0.5, 0.6) is 0 Å². The van der Waals surface area contributed by atoms with Crippen LogP contribution in [0.25, 0.3) is 0 Å². The van der Waals surface area contributed by atoms with Gasteiger partial charge in [-0.05, 0) is 44.2 Å². The minimum absolute atomic E-state index is 0. The van der Waals surface area contributed by atoms with E-state index < -0.39 is 0 Å². The number of nitrogens with zero attached hydrogens (tertiary/aromatic N) is 2. The largest absolute Gasteiger partial charge is 0.357 e. The molecule has 3 rings (SSSR count). The molecule has 5 nitrogen and oxygen atoms in total. The van der Waals surface area contributed by atoms with Gasteiger partial charge in [-0.2, -0.15) is 0 Å². The number of halogens is 1. The summed E-state index contributed by atoms with van der Waals surface area (Å²) < 4.78 is 0. The second kappa shape index (κ2) is 9.25. The number of benzene rings is 1. The maximum atomic E-state index is 12.4. The lowest BCUT2D eigenvalue weighted by Crippen LogP contribution is -2.38. The first-order valence-corrected chi connectivity index (χ1v) is 8.71. The fourth-order valence-corrected chi connectivity index (χ4v) is 2.89. The van der Waals surface area contributed by atoms with Crippen LogP contribution in [-0.2, 0) is 11.2 Å². The van der Waals surface area contributed by atoms with E-state index in [0.717, 1.165) is 37.6 Å². The van der Waals surface area contributed by atoms with Crippen molar-refractivity contribution in [1.29, 1.82) is 0 Å². The molecular weight excluding hydrogens is 415 g/mol. The molecule has 1 saturated carbocycles. The Morgan fingerprint density at radius 1 is 1.33 bits per heavy atom. The number of nitrogens with one attached hydrogen (secondary N) is 2. The Kier molecular flexibility index (Phi) is 7.33. The predicted octanol–water partition coefficient (Wildman–Crippen LogP) is 2.69. The molecule has 6 heteroatoms. The van der Waals surface area contributed by atoms with Crippen molar-refractivity contribution in [2.45, 2.75) is 45.1 Å². The molecule has 0 bridgehead atoms. The van der Waals surface area contributed by atoms with Gasteiger partial charge in [0.05, 0.1) is 0 Å². The van der Waals surface area contributed by atoms with Gasteiger partial charge in [-0.15, -0.1) is 24.0 Å². The highest BCUT2D eigenvalue weighted by atomic mass is 127. The first-order valence-electron chi connectivity index (χ1n) is 8.71. The monoisotopic (exact) mass is 442 g/mol. The highest BCUT2D eigenvalue weighted by Crippen LogP contribution is 2.28. The Morgan fingerprint density at radius 3 is 2.88 bits per heavy atom. The van der Waals surface area contributed by atoms with Gasteiger partial charge in [-0.1, -0.05) is 18.2 Å². The Bertz CT molecular complexity index is 586. The average molecular weight is 442 g/mol. The van der Waals surface area contributed by atoms with Crippen molar-refractivity contribution in [2.24, 2.45) is 4.99 Å². The molecule has 0 atom stereocenters. The van der Waals surface area contributed by atoms with Crippen LogP contribution in [-0.4, -0.2) is 37.5 Å². The van der Waals surface area contributed by atoms with Gasteiger partial charge in [0.1, 0.15) is 0 Å². The standard InChI is InChI=1S/C18H26N4O.HI/c1-2-19-18(21-15-9-10-15)20-12-5-8-17(23)22-13-11-14-6-3-4-7-16(14)22;/h3-4,6-7,15H,2,5,8-13H2,1H3,(H2,19,20,21);1H. The fourth-order valence-electron chi connectivity index (χ4n) is 2.89. The van der Waals surface area contributed by atoms with Crippen molar-refractivity contribution < 1.29 is 4.79 Å². The van der Waals surface area contributed by atoms with E-state index in [9.17, 15) is 4.79 Å². The van der Waals surface area contributed by atoms with Crippen LogP contribution in [0.4, 0.5) is 5.69 Å². The van der Waals surface area contributed by atoms with E-state index in [0.29, 0.717) is 19.0 Å². The molecule has 1 fully saturated rings. The molecule has 1 amide bonds. The van der Waals surface area contributed by atoms with Crippen molar-refractivity contribution in [3.05, 3.63) is 29.8 Å². The summed E-state index contributed by atoms with van der Waals surface area (Å²) in [6.07, 6.45) is 4.78. The number of hydrogen-bond donors (Lipinski definition) is 2. The number of carbonyl (C=O) groups excluding carboxylic acids is 1. The summed E-state index contributed by atoms with van der Waals surface area (Å²) in [6, 6.07) is 8.79. The first kappa shape index (κ1) is 19.0. The Morgan fingerprint density at radius 2 is 2.12 bits per heavy atom. The molecular formula is C18H27IN4O. The van der Waals surface area contributed by atoms with Gasteiger partial charge < -0.3 is 15.5 Å². The molecule has 0 aromatic heterocycles. The zero-order valence-corrected chi connectivity index (χ0v) is 16.6. The summed E-state index contributed by atoms with van der Waals surface area (Å²) in [5.41, 5.74) is 2.37. The average Bonchev–Trinajstić information content (AvgIpc) is 3.27. The van der Waals surface area contributed by atoms with Crippen LogP contribution < -0.4 is 15.5 Å². The molecule has 0 saturated heterocycles. The number of rotatable bonds is 6. The third-order valence-corrected chi connectivity index (χ3v) is 4.27. The van der Waals surface area contributed by atoms with E-state index in [4.69, 9.17) is 0 Å². The van der Waals surface area contributed by atoms with E-state index in [-0.39, 0.29) is 29.9 Å². The van der Waals surface area contributed by atoms with Crippen LogP contribution in [0, 0.1) is 0 Å². The third-order valence-electron chi connectivity index (χ3n) is 4.27. The van der Waals surface area contributed by atoms with Crippen molar-refractivity contribution in [1.82, 2.24) is 10.6 Å². The zero-order valence-electron chi connectivity index (χ0n) is 14.3. The number of hydrogen-bond acceptors (Lipinski definition) is 2. The molecule has 1 aromatic carbocycles. The number of para-hydroxylation sites is 1. The van der Waals surface area contributed by atoms with E-state index >= 15 is 0 Å². The van der Waals surface area contributed by atoms with Crippen molar-refractivity contribution in [2.75, 3.05) is 24.5 Å². The topological polar surface area (TPSA) is 56.7 Å². The maximum Gasteiger partial charge on any atom is 0.227 e. The summed E-state index contributed by atoms with van der Waals surface area (Å²) in [7, 11) is 0. The lowest BCUT2D eigenvalue weighted by Gasteiger charge is -2.17. The summed E-state index contributed by atoms with van der Waals surface area (Å²) in [6.45, 7) is 4.43. The summed E-state index contributed by atoms with van der Waals surface area (Å²) in [5, 5.41) is 6.65. The number of aliphatic imine (C=N–C) groups is 1. The van der Waals surface area contributed by atoms with Gasteiger partial charge in [0.2, 0.25) is 5.91 Å². The first-order chi connectivity index (χ1) is 11.3. The predicted molar refractivity (Wildman–Crippen MR) is 109 cm³/mol. The number of carbonyl (C=O) groups is 1. The fraction of sp³-hybridized carbons (Fsp3) is 0.556. The minimum atomic E-state index is 0. The molecule has 0 unspecified atom stereocenters. The van der Waals surface area contributed by atoms with Gasteiger partial charge in [0.25, 0.3) is 0 Å². The zero-order chi connectivity index (χ0) is 16.1. The molecule has 0 radical (unpaired) electrons. The summed E-state index contributed by atoms with van der Waals surface area (Å²) >= 11 is 0. The lowest BCUT2D eigenvalue weighted by atomic mass is 10.2. The van der Waals surface area contributed by atoms with Crippen LogP contribution in [0.3, 0.4) is 0 Å². The maximum absolute atomic E-state index is 12.4. The quantitative estimate of drug-likeness (QED) is 0.308. The second-order valence-electron chi connectivity index (χ2n) is 6.21. The van der Waals surface area contributed by atoms with Gasteiger partial charge in [-0.3, -0.25) is 9.79 Å². The van der Waals surface area contributed by atoms with Crippen LogP contribution in [0.1, 0.15) is 38.2 Å². The van der Waals surface area contributed by atoms with Crippen molar-refractivity contribution in [3.63, 3.8) is 0 Å². The molecule has 1 aliphatic carbocycles. The van der Waals surface area contributed by atoms with Crippen LogP contribution in [0.2, 0.25) is 0 Å². The number of anilines is 1. The molecule has 24 heavy (non-hydrogen) atoms. The second-order valence-corrected chi connectivity index (χ2v) is 6.21. The van der Waals surface area contributed by atoms with Gasteiger partial charge >= 0.3 is 0 Å². The number of guanidine groups is 1. The van der Waals surface area contributed by atoms with Gasteiger partial charge in [0, 0.05) is 37.8 Å². The number of fused-ring (bicyclic) bond motifs is 1. The molecule has 1 heterocycles. The van der Waals surface area contributed by atoms with E-state index in [1.807, 2.05) is 23.1 Å². The third kappa shape index (κ3) is 5.09. The molecule has 1 aliphatic heterocycles. The highest BCUT2D eigenvalue weighted by molar-refractivity contribution is 14.0. The highest BCUT2D eigenvalue weighted by Gasteiger charge is 2.24. The van der Waals surface area contributed by atoms with Gasteiger partial charge in [-0.25, -0.2) is 0 Å². The molecule has 1 aromatic rings. The van der Waals surface area contributed by atoms with Crippen LogP contribution in [0.15, 0.2) is 29.3 Å². The van der Waals surface area contributed by atoms with Crippen LogP contribution >= 0.6 is 24.0 Å². The summed E-state index contributed by atoms with van der Waals surface area (Å²) in [5.74, 6) is 1.10. The Labute approximate surface area is 161 Å². The van der Waals surface area contributed by atoms with E-state index in [1.54, 1.807) is 0 Å². The van der Waals surface area contributed by atoms with Crippen molar-refractivity contribution >= 4 is 41.5 Å². The number of amides is 1. The van der Waals surface area contributed by atoms with Gasteiger partial charge in [0.15, 0.2) is 5.96 Å². The molecule has 132 valence electrons. The summed E-state index contributed by atoms with van der Waals surface area (Å²) in [4.78, 5) is 18.9. The normalized spacial score (nSPS) is 16.4. The molecule has 0 spiro atoms. The Balaban J connectivity index is 0.00000208. The lowest BCUT2D eigenvalue weighted by molar-refractivity contribution is -0.118. The van der Waals surface area contributed by atoms with E-state index in [1.165, 1.54) is 18.4 Å². The molecule has 2 N–H and O–H groups in total. The smallest absolute Gasteiger partial charge is 0.227 e. The SMILES string of the molecule is CCNC(=NCCCC(=O)N1CCc2ccccc21)NC1CC1.I. The Hall–Kier alpha value is -1.31. The van der Waals surface area contributed by atoms with Crippen molar-refractivity contribution in [3.8, 4) is 0 Å². The molecule has 2 aliphatic rings.